The van der Waals surface area contributed by atoms with Crippen molar-refractivity contribution in [2.75, 3.05) is 24.2 Å². The minimum atomic E-state index is 0.196. The van der Waals surface area contributed by atoms with E-state index >= 15 is 0 Å². The number of carbonyl (C=O) groups is 1. The molecule has 0 spiro atoms. The van der Waals surface area contributed by atoms with Gasteiger partial charge in [-0.05, 0) is 50.5 Å². The summed E-state index contributed by atoms with van der Waals surface area (Å²) < 4.78 is 2.05. The maximum atomic E-state index is 12.3. The van der Waals surface area contributed by atoms with Crippen LogP contribution in [0.3, 0.4) is 0 Å². The molecule has 1 aromatic carbocycles. The second kappa shape index (κ2) is 9.28. The number of nitrogens with one attached hydrogen (secondary N) is 1. The van der Waals surface area contributed by atoms with Gasteiger partial charge in [0.25, 0.3) is 0 Å². The molecule has 1 fully saturated rings. The van der Waals surface area contributed by atoms with Crippen molar-refractivity contribution >= 4 is 35.0 Å². The van der Waals surface area contributed by atoms with Gasteiger partial charge in [0.2, 0.25) is 5.91 Å². The van der Waals surface area contributed by atoms with Crippen LogP contribution in [0.15, 0.2) is 29.4 Å². The SMILES string of the molecule is CCn1c(CNc2ccc(Cl)cc2)nnc1SCC(=O)N1CCCCC1. The van der Waals surface area contributed by atoms with Crippen LogP contribution in [0.4, 0.5) is 5.69 Å². The van der Waals surface area contributed by atoms with Crippen LogP contribution in [-0.2, 0) is 17.9 Å². The van der Waals surface area contributed by atoms with E-state index in [9.17, 15) is 4.79 Å². The number of halogens is 1. The molecule has 0 saturated carbocycles. The molecular formula is C18H24ClN5OS. The van der Waals surface area contributed by atoms with Crippen molar-refractivity contribution in [2.24, 2.45) is 0 Å². The van der Waals surface area contributed by atoms with E-state index in [1.54, 1.807) is 0 Å². The maximum absolute atomic E-state index is 12.3. The molecule has 0 radical (unpaired) electrons. The van der Waals surface area contributed by atoms with Crippen LogP contribution in [0.5, 0.6) is 0 Å². The number of benzene rings is 1. The van der Waals surface area contributed by atoms with Crippen LogP contribution in [-0.4, -0.2) is 44.4 Å². The summed E-state index contributed by atoms with van der Waals surface area (Å²) in [6, 6.07) is 7.56. The summed E-state index contributed by atoms with van der Waals surface area (Å²) in [4.78, 5) is 14.3. The minimum Gasteiger partial charge on any atom is -0.378 e. The zero-order chi connectivity index (χ0) is 18.4. The number of rotatable bonds is 7. The molecule has 0 bridgehead atoms. The molecule has 2 heterocycles. The number of amides is 1. The van der Waals surface area contributed by atoms with E-state index < -0.39 is 0 Å². The van der Waals surface area contributed by atoms with Crippen LogP contribution >= 0.6 is 23.4 Å². The highest BCUT2D eigenvalue weighted by molar-refractivity contribution is 7.99. The topological polar surface area (TPSA) is 63.1 Å². The number of nitrogens with zero attached hydrogens (tertiary/aromatic N) is 4. The van der Waals surface area contributed by atoms with E-state index in [2.05, 4.69) is 27.0 Å². The summed E-state index contributed by atoms with van der Waals surface area (Å²) in [6.45, 7) is 5.17. The Morgan fingerprint density at radius 2 is 1.92 bits per heavy atom. The highest BCUT2D eigenvalue weighted by atomic mass is 35.5. The molecule has 0 atom stereocenters. The van der Waals surface area contributed by atoms with E-state index in [0.717, 1.165) is 49.1 Å². The molecule has 0 aliphatic carbocycles. The molecule has 140 valence electrons. The first-order valence-electron chi connectivity index (χ1n) is 8.99. The van der Waals surface area contributed by atoms with Crippen LogP contribution in [0, 0.1) is 0 Å². The first-order valence-corrected chi connectivity index (χ1v) is 10.4. The van der Waals surface area contributed by atoms with Gasteiger partial charge in [0.1, 0.15) is 0 Å². The Labute approximate surface area is 163 Å². The minimum absolute atomic E-state index is 0.196. The summed E-state index contributed by atoms with van der Waals surface area (Å²) in [7, 11) is 0. The predicted molar refractivity (Wildman–Crippen MR) is 106 cm³/mol. The summed E-state index contributed by atoms with van der Waals surface area (Å²) in [5.41, 5.74) is 0.981. The molecular weight excluding hydrogens is 370 g/mol. The molecule has 0 unspecified atom stereocenters. The summed E-state index contributed by atoms with van der Waals surface area (Å²) >= 11 is 7.38. The average Bonchev–Trinajstić information content (AvgIpc) is 3.08. The van der Waals surface area contributed by atoms with Gasteiger partial charge in [0.15, 0.2) is 11.0 Å². The van der Waals surface area contributed by atoms with Crippen LogP contribution in [0.2, 0.25) is 5.02 Å². The van der Waals surface area contributed by atoms with Crippen molar-refractivity contribution < 1.29 is 4.79 Å². The molecule has 1 saturated heterocycles. The van der Waals surface area contributed by atoms with Gasteiger partial charge in [-0.3, -0.25) is 4.79 Å². The molecule has 1 aliphatic heterocycles. The monoisotopic (exact) mass is 393 g/mol. The quantitative estimate of drug-likeness (QED) is 0.727. The largest absolute Gasteiger partial charge is 0.378 e. The lowest BCUT2D eigenvalue weighted by molar-refractivity contribution is -0.129. The number of aromatic nitrogens is 3. The highest BCUT2D eigenvalue weighted by Gasteiger charge is 2.18. The van der Waals surface area contributed by atoms with Crippen molar-refractivity contribution in [3.63, 3.8) is 0 Å². The molecule has 3 rings (SSSR count). The predicted octanol–water partition coefficient (Wildman–Crippen LogP) is 3.67. The first kappa shape index (κ1) is 19.0. The van der Waals surface area contributed by atoms with Gasteiger partial charge in [0, 0.05) is 30.3 Å². The van der Waals surface area contributed by atoms with Crippen molar-refractivity contribution in [1.82, 2.24) is 19.7 Å². The summed E-state index contributed by atoms with van der Waals surface area (Å²) in [6.07, 6.45) is 3.45. The average molecular weight is 394 g/mol. The summed E-state index contributed by atoms with van der Waals surface area (Å²) in [5, 5.41) is 13.4. The van der Waals surface area contributed by atoms with Gasteiger partial charge in [0.05, 0.1) is 12.3 Å². The normalized spacial score (nSPS) is 14.5. The van der Waals surface area contributed by atoms with E-state index in [1.807, 2.05) is 29.2 Å². The van der Waals surface area contributed by atoms with Crippen molar-refractivity contribution in [2.45, 2.75) is 44.4 Å². The van der Waals surface area contributed by atoms with Gasteiger partial charge in [-0.15, -0.1) is 10.2 Å². The van der Waals surface area contributed by atoms with Crippen LogP contribution in [0.25, 0.3) is 0 Å². The Morgan fingerprint density at radius 3 is 2.62 bits per heavy atom. The van der Waals surface area contributed by atoms with Gasteiger partial charge < -0.3 is 14.8 Å². The molecule has 1 amide bonds. The molecule has 2 aromatic rings. The fourth-order valence-electron chi connectivity index (χ4n) is 2.98. The second-order valence-corrected chi connectivity index (χ2v) is 7.61. The molecule has 1 aromatic heterocycles. The lowest BCUT2D eigenvalue weighted by atomic mass is 10.1. The number of likely N-dealkylation sites (tertiary alicyclic amines) is 1. The zero-order valence-electron chi connectivity index (χ0n) is 14.9. The van der Waals surface area contributed by atoms with Crippen molar-refractivity contribution in [1.29, 1.82) is 0 Å². The standard InChI is InChI=1S/C18H24ClN5OS/c1-2-24-16(12-20-15-8-6-14(19)7-9-15)21-22-18(24)26-13-17(25)23-10-4-3-5-11-23/h6-9,20H,2-5,10-13H2,1H3. The Bertz CT molecular complexity index is 728. The third kappa shape index (κ3) is 4.92. The first-order chi connectivity index (χ1) is 12.7. The van der Waals surface area contributed by atoms with Crippen LogP contribution in [0.1, 0.15) is 32.0 Å². The number of carbonyl (C=O) groups excluding carboxylic acids is 1. The third-order valence-electron chi connectivity index (χ3n) is 4.44. The number of hydrogen-bond acceptors (Lipinski definition) is 5. The fraction of sp³-hybridized carbons (Fsp3) is 0.500. The number of anilines is 1. The number of thioether (sulfide) groups is 1. The Hall–Kier alpha value is -1.73. The molecule has 1 aliphatic rings. The number of hydrogen-bond donors (Lipinski definition) is 1. The molecule has 26 heavy (non-hydrogen) atoms. The number of piperidine rings is 1. The molecule has 8 heteroatoms. The van der Waals surface area contributed by atoms with Gasteiger partial charge in [-0.25, -0.2) is 0 Å². The highest BCUT2D eigenvalue weighted by Crippen LogP contribution is 2.20. The van der Waals surface area contributed by atoms with Gasteiger partial charge >= 0.3 is 0 Å². The lowest BCUT2D eigenvalue weighted by Crippen LogP contribution is -2.36. The van der Waals surface area contributed by atoms with Gasteiger partial charge in [-0.1, -0.05) is 23.4 Å². The van der Waals surface area contributed by atoms with E-state index in [4.69, 9.17) is 11.6 Å². The third-order valence-corrected chi connectivity index (χ3v) is 5.64. The lowest BCUT2D eigenvalue weighted by Gasteiger charge is -2.26. The van der Waals surface area contributed by atoms with Gasteiger partial charge in [-0.2, -0.15) is 0 Å². The zero-order valence-corrected chi connectivity index (χ0v) is 16.5. The Morgan fingerprint density at radius 1 is 1.19 bits per heavy atom. The molecule has 1 N–H and O–H groups in total. The van der Waals surface area contributed by atoms with Crippen molar-refractivity contribution in [3.8, 4) is 0 Å². The molecule has 6 nitrogen and oxygen atoms in total. The Kier molecular flexibility index (Phi) is 6.80. The van der Waals surface area contributed by atoms with E-state index in [1.165, 1.54) is 18.2 Å². The maximum Gasteiger partial charge on any atom is 0.233 e. The van der Waals surface area contributed by atoms with E-state index in [0.29, 0.717) is 17.3 Å². The van der Waals surface area contributed by atoms with Crippen molar-refractivity contribution in [3.05, 3.63) is 35.1 Å². The Balaban J connectivity index is 1.56. The fourth-order valence-corrected chi connectivity index (χ4v) is 4.03. The van der Waals surface area contributed by atoms with Crippen LogP contribution < -0.4 is 5.32 Å². The smallest absolute Gasteiger partial charge is 0.233 e. The summed E-state index contributed by atoms with van der Waals surface area (Å²) in [5.74, 6) is 1.47. The van der Waals surface area contributed by atoms with E-state index in [-0.39, 0.29) is 5.91 Å². The second-order valence-electron chi connectivity index (χ2n) is 6.23.